The van der Waals surface area contributed by atoms with E-state index in [0.717, 1.165) is 26.2 Å². The fourth-order valence-electron chi connectivity index (χ4n) is 4.19. The van der Waals surface area contributed by atoms with Gasteiger partial charge in [-0.3, -0.25) is 0 Å². The van der Waals surface area contributed by atoms with Crippen LogP contribution in [0.15, 0.2) is 36.4 Å². The van der Waals surface area contributed by atoms with E-state index in [-0.39, 0.29) is 41.9 Å². The van der Waals surface area contributed by atoms with Gasteiger partial charge in [0.05, 0.1) is 0 Å². The number of para-hydroxylation sites is 2. The van der Waals surface area contributed by atoms with Crippen LogP contribution in [0.1, 0.15) is 101 Å². The Hall–Kier alpha value is -0.901. The molecule has 3 nitrogen and oxygen atoms in total. The van der Waals surface area contributed by atoms with Gasteiger partial charge in [0, 0.05) is 37.6 Å². The maximum atomic E-state index is 3.72. The van der Waals surface area contributed by atoms with E-state index in [1.54, 1.807) is 0 Å². The second-order valence-corrected chi connectivity index (χ2v) is 9.85. The van der Waals surface area contributed by atoms with Crippen molar-refractivity contribution in [2.45, 2.75) is 79.1 Å². The van der Waals surface area contributed by atoms with Crippen LogP contribution in [0.5, 0.6) is 0 Å². The summed E-state index contributed by atoms with van der Waals surface area (Å²) < 4.78 is 0. The van der Waals surface area contributed by atoms with E-state index in [0.29, 0.717) is 23.7 Å². The first kappa shape index (κ1) is 35.3. The maximum Gasteiger partial charge on any atom is 2.00 e. The molecule has 0 bridgehead atoms. The molecule has 0 heterocycles. The molecule has 0 saturated heterocycles. The van der Waals surface area contributed by atoms with E-state index >= 15 is 0 Å². The smallest absolute Gasteiger partial charge is 1.00 e. The average Bonchev–Trinajstić information content (AvgIpc) is 2.72. The SMILES string of the molecule is CC(C)c1cccc(C(C)C)c1NCCNCCNc1c(C(C)C)cccc1C(C)C.[Cl-].[Cl-].[Mn+2]. The predicted molar refractivity (Wildman–Crippen MR) is 139 cm³/mol. The van der Waals surface area contributed by atoms with Crippen molar-refractivity contribution >= 4 is 11.4 Å². The van der Waals surface area contributed by atoms with E-state index in [9.17, 15) is 0 Å². The first-order valence-electron chi connectivity index (χ1n) is 12.2. The Morgan fingerprint density at radius 1 is 0.500 bits per heavy atom. The standard InChI is InChI=1S/C28H45N3.2ClH.Mn/c1-19(2)23-11-9-12-24(20(3)4)27(23)30-17-15-29-16-18-31-28-25(21(5)6)13-10-14-26(28)22(7)8;;;/h9-14,19-22,29-31H,15-18H2,1-8H3;2*1H;/q;;;+2/p-2. The first-order valence-corrected chi connectivity index (χ1v) is 12.2. The summed E-state index contributed by atoms with van der Waals surface area (Å²) in [6.45, 7) is 22.0. The minimum atomic E-state index is 0. The summed E-state index contributed by atoms with van der Waals surface area (Å²) in [7, 11) is 0. The number of hydrogen-bond acceptors (Lipinski definition) is 3. The second-order valence-electron chi connectivity index (χ2n) is 9.85. The van der Waals surface area contributed by atoms with Gasteiger partial charge in [-0.05, 0) is 45.9 Å². The summed E-state index contributed by atoms with van der Waals surface area (Å²) in [6, 6.07) is 13.4. The molecule has 0 saturated carbocycles. The molecule has 2 aromatic carbocycles. The molecule has 1 radical (unpaired) electrons. The Balaban J connectivity index is 0. The quantitative estimate of drug-likeness (QED) is 0.276. The third-order valence-electron chi connectivity index (χ3n) is 5.95. The number of nitrogens with one attached hydrogen (secondary N) is 3. The molecule has 193 valence electrons. The van der Waals surface area contributed by atoms with Crippen LogP contribution in [0.3, 0.4) is 0 Å². The fraction of sp³-hybridized carbons (Fsp3) is 0.571. The molecule has 0 unspecified atom stereocenters. The van der Waals surface area contributed by atoms with Crippen molar-refractivity contribution in [3.8, 4) is 0 Å². The summed E-state index contributed by atoms with van der Waals surface area (Å²) in [4.78, 5) is 0. The zero-order valence-electron chi connectivity index (χ0n) is 22.2. The molecule has 0 amide bonds. The van der Waals surface area contributed by atoms with Crippen LogP contribution in [0.4, 0.5) is 11.4 Å². The number of anilines is 2. The molecular weight excluding hydrogens is 504 g/mol. The Bertz CT molecular complexity index is 703. The molecule has 0 fully saturated rings. The largest absolute Gasteiger partial charge is 2.00 e. The van der Waals surface area contributed by atoms with Gasteiger partial charge in [-0.2, -0.15) is 0 Å². The van der Waals surface area contributed by atoms with E-state index in [4.69, 9.17) is 0 Å². The van der Waals surface area contributed by atoms with Gasteiger partial charge in [-0.25, -0.2) is 0 Å². The zero-order chi connectivity index (χ0) is 23.0. The molecule has 2 rings (SSSR count). The first-order chi connectivity index (χ1) is 14.7. The summed E-state index contributed by atoms with van der Waals surface area (Å²) in [5.41, 5.74) is 8.33. The summed E-state index contributed by atoms with van der Waals surface area (Å²) >= 11 is 0. The van der Waals surface area contributed by atoms with Crippen molar-refractivity contribution in [2.75, 3.05) is 36.8 Å². The monoisotopic (exact) mass is 548 g/mol. The van der Waals surface area contributed by atoms with E-state index in [1.165, 1.54) is 33.6 Å². The van der Waals surface area contributed by atoms with E-state index in [1.807, 2.05) is 0 Å². The van der Waals surface area contributed by atoms with Gasteiger partial charge in [0.15, 0.2) is 0 Å². The Labute approximate surface area is 232 Å². The predicted octanol–water partition coefficient (Wildman–Crippen LogP) is 1.30. The van der Waals surface area contributed by atoms with Gasteiger partial charge >= 0.3 is 17.1 Å². The van der Waals surface area contributed by atoms with E-state index in [2.05, 4.69) is 108 Å². The number of hydrogen-bond donors (Lipinski definition) is 3. The molecular formula is C28H45Cl2MnN3. The molecule has 0 atom stereocenters. The summed E-state index contributed by atoms with van der Waals surface area (Å²) in [5.74, 6) is 2.09. The minimum absolute atomic E-state index is 0. The molecule has 2 aromatic rings. The number of benzene rings is 2. The fourth-order valence-corrected chi connectivity index (χ4v) is 4.19. The van der Waals surface area contributed by atoms with Crippen LogP contribution < -0.4 is 40.8 Å². The third-order valence-corrected chi connectivity index (χ3v) is 5.95. The normalized spacial score (nSPS) is 10.7. The molecule has 0 spiro atoms. The van der Waals surface area contributed by atoms with Crippen molar-refractivity contribution in [1.82, 2.24) is 5.32 Å². The van der Waals surface area contributed by atoms with Gasteiger partial charge < -0.3 is 40.8 Å². The van der Waals surface area contributed by atoms with Crippen molar-refractivity contribution in [1.29, 1.82) is 0 Å². The van der Waals surface area contributed by atoms with Crippen LogP contribution in [0, 0.1) is 0 Å². The van der Waals surface area contributed by atoms with Crippen LogP contribution >= 0.6 is 0 Å². The van der Waals surface area contributed by atoms with Crippen molar-refractivity contribution in [3.63, 3.8) is 0 Å². The van der Waals surface area contributed by atoms with Crippen LogP contribution in [-0.4, -0.2) is 26.2 Å². The Morgan fingerprint density at radius 3 is 1.00 bits per heavy atom. The summed E-state index contributed by atoms with van der Waals surface area (Å²) in [6.07, 6.45) is 0. The number of halogens is 2. The van der Waals surface area contributed by atoms with Gasteiger partial charge in [0.2, 0.25) is 0 Å². The van der Waals surface area contributed by atoms with Crippen LogP contribution in [0.2, 0.25) is 0 Å². The molecule has 0 aliphatic carbocycles. The van der Waals surface area contributed by atoms with Gasteiger partial charge in [-0.1, -0.05) is 91.8 Å². The van der Waals surface area contributed by atoms with E-state index < -0.39 is 0 Å². The topological polar surface area (TPSA) is 36.1 Å². The zero-order valence-corrected chi connectivity index (χ0v) is 24.9. The Morgan fingerprint density at radius 2 is 0.765 bits per heavy atom. The molecule has 6 heteroatoms. The van der Waals surface area contributed by atoms with Crippen LogP contribution in [0.25, 0.3) is 0 Å². The second kappa shape index (κ2) is 17.5. The van der Waals surface area contributed by atoms with Crippen molar-refractivity contribution in [2.24, 2.45) is 0 Å². The molecule has 0 aliphatic heterocycles. The Kier molecular flexibility index (Phi) is 18.2. The van der Waals surface area contributed by atoms with Crippen molar-refractivity contribution < 1.29 is 41.9 Å². The minimum Gasteiger partial charge on any atom is -1.00 e. The van der Waals surface area contributed by atoms with Crippen molar-refractivity contribution in [3.05, 3.63) is 58.7 Å². The third kappa shape index (κ3) is 9.99. The van der Waals surface area contributed by atoms with Gasteiger partial charge in [0.1, 0.15) is 0 Å². The maximum absolute atomic E-state index is 3.72. The number of rotatable bonds is 12. The van der Waals surface area contributed by atoms with Gasteiger partial charge in [0.25, 0.3) is 0 Å². The molecule has 0 aromatic heterocycles. The molecule has 34 heavy (non-hydrogen) atoms. The van der Waals surface area contributed by atoms with Crippen LogP contribution in [-0.2, 0) is 17.1 Å². The average molecular weight is 550 g/mol. The van der Waals surface area contributed by atoms with Gasteiger partial charge in [-0.15, -0.1) is 0 Å². The molecule has 0 aliphatic rings. The summed E-state index contributed by atoms with van der Waals surface area (Å²) in [5, 5.41) is 11.0. The molecule has 3 N–H and O–H groups in total.